The molecule has 1 saturated heterocycles. The van der Waals surface area contributed by atoms with Crippen molar-refractivity contribution in [3.63, 3.8) is 0 Å². The monoisotopic (exact) mass is 434 g/mol. The molecule has 1 fully saturated rings. The third-order valence-corrected chi connectivity index (χ3v) is 7.88. The third kappa shape index (κ3) is 3.14. The zero-order valence-corrected chi connectivity index (χ0v) is 17.7. The molecule has 1 N–H and O–H groups in total. The number of rotatable bonds is 3. The Morgan fingerprint density at radius 2 is 1.70 bits per heavy atom. The second kappa shape index (κ2) is 7.41. The Labute approximate surface area is 181 Å². The van der Waals surface area contributed by atoms with Crippen LogP contribution in [0.25, 0.3) is 6.08 Å². The molecule has 5 nitrogen and oxygen atoms in total. The number of nitrogens with zero attached hydrogens (tertiary/aromatic N) is 1. The van der Waals surface area contributed by atoms with E-state index in [1.165, 1.54) is 16.7 Å². The predicted octanol–water partition coefficient (Wildman–Crippen LogP) is 4.21. The Morgan fingerprint density at radius 1 is 0.967 bits per heavy atom. The van der Waals surface area contributed by atoms with E-state index < -0.39 is 11.2 Å². The van der Waals surface area contributed by atoms with Gasteiger partial charge in [-0.05, 0) is 24.6 Å². The Bertz CT molecular complexity index is 1210. The summed E-state index contributed by atoms with van der Waals surface area (Å²) in [4.78, 5) is 43.5. The number of carbonyl (C=O) groups excluding carboxylic acids is 2. The number of hydrogen-bond donors (Lipinski definition) is 1. The average molecular weight is 435 g/mol. The molecule has 2 aromatic carbocycles. The molecule has 2 aliphatic heterocycles. The summed E-state index contributed by atoms with van der Waals surface area (Å²) in [6, 6.07) is 17.2. The van der Waals surface area contributed by atoms with Crippen molar-refractivity contribution in [1.29, 1.82) is 0 Å². The van der Waals surface area contributed by atoms with E-state index in [9.17, 15) is 14.4 Å². The fourth-order valence-corrected chi connectivity index (χ4v) is 6.48. The summed E-state index contributed by atoms with van der Waals surface area (Å²) in [5, 5.41) is 0.142. The first kappa shape index (κ1) is 19.1. The Balaban J connectivity index is 1.57. The molecule has 7 heteroatoms. The van der Waals surface area contributed by atoms with Gasteiger partial charge in [0.05, 0.1) is 16.6 Å². The maximum Gasteiger partial charge on any atom is 0.305 e. The maximum absolute atomic E-state index is 13.4. The summed E-state index contributed by atoms with van der Waals surface area (Å²) in [7, 11) is 0. The predicted molar refractivity (Wildman–Crippen MR) is 120 cm³/mol. The van der Waals surface area contributed by atoms with Gasteiger partial charge >= 0.3 is 4.87 Å². The van der Waals surface area contributed by atoms with Gasteiger partial charge in [0.2, 0.25) is 11.8 Å². The largest absolute Gasteiger partial charge is 0.307 e. The molecule has 3 atom stereocenters. The Kier molecular flexibility index (Phi) is 4.72. The highest BCUT2D eigenvalue weighted by molar-refractivity contribution is 8.00. The van der Waals surface area contributed by atoms with Crippen molar-refractivity contribution in [3.05, 3.63) is 86.3 Å². The summed E-state index contributed by atoms with van der Waals surface area (Å²) >= 11 is 2.42. The van der Waals surface area contributed by atoms with Gasteiger partial charge in [-0.15, -0.1) is 0 Å². The molecule has 0 aliphatic carbocycles. The van der Waals surface area contributed by atoms with Crippen LogP contribution in [0.3, 0.4) is 0 Å². The van der Waals surface area contributed by atoms with Gasteiger partial charge in [0.1, 0.15) is 5.25 Å². The molecule has 2 amide bonds. The van der Waals surface area contributed by atoms with E-state index in [0.29, 0.717) is 10.7 Å². The lowest BCUT2D eigenvalue weighted by Crippen LogP contribution is -2.31. The van der Waals surface area contributed by atoms with Crippen molar-refractivity contribution >= 4 is 46.7 Å². The van der Waals surface area contributed by atoms with Gasteiger partial charge in [-0.3, -0.25) is 14.4 Å². The number of H-pyrrole nitrogens is 1. The molecule has 1 aromatic heterocycles. The summed E-state index contributed by atoms with van der Waals surface area (Å²) in [6.45, 7) is 1.96. The van der Waals surface area contributed by atoms with E-state index in [1.54, 1.807) is 12.1 Å². The van der Waals surface area contributed by atoms with Crippen LogP contribution in [0.15, 0.2) is 70.5 Å². The van der Waals surface area contributed by atoms with Crippen molar-refractivity contribution in [2.45, 2.75) is 23.1 Å². The van der Waals surface area contributed by atoms with Crippen LogP contribution in [0.1, 0.15) is 21.9 Å². The summed E-state index contributed by atoms with van der Waals surface area (Å²) in [5.74, 6) is -1.31. The minimum Gasteiger partial charge on any atom is -0.307 e. The van der Waals surface area contributed by atoms with Gasteiger partial charge < -0.3 is 4.98 Å². The van der Waals surface area contributed by atoms with E-state index >= 15 is 0 Å². The number of nitrogens with one attached hydrogen (secondary N) is 1. The molecule has 5 rings (SSSR count). The quantitative estimate of drug-likeness (QED) is 0.627. The van der Waals surface area contributed by atoms with E-state index in [-0.39, 0.29) is 22.6 Å². The maximum atomic E-state index is 13.4. The number of allylic oxidation sites excluding steroid dienone is 1. The fourth-order valence-electron chi connectivity index (χ4n) is 3.99. The number of aromatic nitrogens is 1. The Hall–Kier alpha value is -2.90. The lowest BCUT2D eigenvalue weighted by Gasteiger charge is -2.27. The highest BCUT2D eigenvalue weighted by Crippen LogP contribution is 2.51. The Morgan fingerprint density at radius 3 is 2.43 bits per heavy atom. The van der Waals surface area contributed by atoms with Crippen LogP contribution in [0.5, 0.6) is 0 Å². The molecular formula is C23H18N2O3S2. The van der Waals surface area contributed by atoms with Gasteiger partial charge in [-0.2, -0.15) is 0 Å². The summed E-state index contributed by atoms with van der Waals surface area (Å²) in [6.07, 6.45) is 3.91. The van der Waals surface area contributed by atoms with E-state index in [1.807, 2.05) is 61.5 Å². The van der Waals surface area contributed by atoms with Crippen LogP contribution >= 0.6 is 23.1 Å². The van der Waals surface area contributed by atoms with Gasteiger partial charge in [-0.25, -0.2) is 4.90 Å². The number of hydrogen-bond acceptors (Lipinski definition) is 5. The molecule has 3 heterocycles. The number of aromatic amines is 1. The molecule has 0 bridgehead atoms. The summed E-state index contributed by atoms with van der Waals surface area (Å²) in [5.41, 5.74) is 2.66. The number of anilines is 1. The van der Waals surface area contributed by atoms with Crippen molar-refractivity contribution in [3.8, 4) is 0 Å². The minimum absolute atomic E-state index is 0.166. The summed E-state index contributed by atoms with van der Waals surface area (Å²) < 4.78 is 0. The number of carbonyl (C=O) groups is 2. The smallest absolute Gasteiger partial charge is 0.305 e. The topological polar surface area (TPSA) is 70.2 Å². The molecule has 30 heavy (non-hydrogen) atoms. The number of benzene rings is 2. The third-order valence-electron chi connectivity index (χ3n) is 5.46. The minimum atomic E-state index is -0.554. The van der Waals surface area contributed by atoms with Crippen LogP contribution in [0.2, 0.25) is 0 Å². The van der Waals surface area contributed by atoms with Crippen molar-refractivity contribution in [1.82, 2.24) is 4.98 Å². The second-order valence-electron chi connectivity index (χ2n) is 7.42. The number of thioether (sulfide) groups is 1. The number of thiazole rings is 1. The highest BCUT2D eigenvalue weighted by atomic mass is 32.2. The van der Waals surface area contributed by atoms with E-state index in [0.717, 1.165) is 27.3 Å². The standard InChI is InChI=1S/C23H18N2O3S2/c1-13-7-10-15(11-8-13)25-21(26)17-16(12-9-14-5-3-2-4-6-14)18-20(24-23(28)30-18)29-19(17)22(25)27/h2-12,16-17,19H,1H3,(H,24,28)/b12-9+/t16-,17+,19+/m1/s1. The van der Waals surface area contributed by atoms with Gasteiger partial charge in [0.15, 0.2) is 0 Å². The van der Waals surface area contributed by atoms with E-state index in [4.69, 9.17) is 0 Å². The van der Waals surface area contributed by atoms with Crippen molar-refractivity contribution < 1.29 is 9.59 Å². The molecule has 150 valence electrons. The normalized spacial score (nSPS) is 23.1. The van der Waals surface area contributed by atoms with Crippen LogP contribution in [-0.2, 0) is 9.59 Å². The number of aryl methyl sites for hydroxylation is 1. The van der Waals surface area contributed by atoms with Crippen LogP contribution in [0, 0.1) is 12.8 Å². The first-order valence-corrected chi connectivity index (χ1v) is 11.3. The molecule has 0 radical (unpaired) electrons. The molecule has 0 unspecified atom stereocenters. The van der Waals surface area contributed by atoms with Crippen LogP contribution in [-0.4, -0.2) is 22.0 Å². The van der Waals surface area contributed by atoms with Gasteiger partial charge in [-0.1, -0.05) is 83.3 Å². The molecule has 2 aliphatic rings. The molecule has 3 aromatic rings. The fraction of sp³-hybridized carbons (Fsp3) is 0.174. The average Bonchev–Trinajstić information content (AvgIpc) is 3.24. The van der Waals surface area contributed by atoms with Gasteiger partial charge in [0, 0.05) is 10.8 Å². The molecular weight excluding hydrogens is 416 g/mol. The number of fused-ring (bicyclic) bond motifs is 2. The van der Waals surface area contributed by atoms with E-state index in [2.05, 4.69) is 4.98 Å². The van der Waals surface area contributed by atoms with Crippen molar-refractivity contribution in [2.24, 2.45) is 5.92 Å². The number of imide groups is 1. The van der Waals surface area contributed by atoms with Crippen LogP contribution in [0.4, 0.5) is 5.69 Å². The first-order chi connectivity index (χ1) is 14.5. The van der Waals surface area contributed by atoms with Crippen molar-refractivity contribution in [2.75, 3.05) is 4.90 Å². The SMILES string of the molecule is Cc1ccc(N2C(=O)[C@@H]3[C@H](Sc4[nH]c(=O)sc4[C@@H]3/C=C/c3ccccc3)C2=O)cc1. The second-order valence-corrected chi connectivity index (χ2v) is 9.58. The van der Waals surface area contributed by atoms with Gasteiger partial charge in [0.25, 0.3) is 0 Å². The lowest BCUT2D eigenvalue weighted by atomic mass is 9.88. The van der Waals surface area contributed by atoms with Crippen LogP contribution < -0.4 is 9.77 Å². The lowest BCUT2D eigenvalue weighted by molar-refractivity contribution is -0.122. The highest BCUT2D eigenvalue weighted by Gasteiger charge is 2.55. The number of amides is 2. The first-order valence-electron chi connectivity index (χ1n) is 9.60. The zero-order chi connectivity index (χ0) is 20.8. The zero-order valence-electron chi connectivity index (χ0n) is 16.1. The molecule has 0 spiro atoms. The molecule has 0 saturated carbocycles.